The Morgan fingerprint density at radius 3 is 2.52 bits per heavy atom. The summed E-state index contributed by atoms with van der Waals surface area (Å²) in [7, 11) is 0. The number of hydrogen-bond donors (Lipinski definition) is 2. The number of carboxylic acid groups (broad SMARTS) is 1. The third-order valence-corrected chi connectivity index (χ3v) is 5.51. The minimum absolute atomic E-state index is 0.114. The second-order valence-electron chi connectivity index (χ2n) is 7.65. The number of benzene rings is 2. The Kier molecular flexibility index (Phi) is 5.15. The monoisotopic (exact) mass is 395 g/mol. The number of hydrogen-bond acceptors (Lipinski definition) is 5. The molecule has 2 aromatic rings. The number of piperazine rings is 1. The largest absolute Gasteiger partial charge is 0.478 e. The predicted octanol–water partition coefficient (Wildman–Crippen LogP) is 2.73. The zero-order chi connectivity index (χ0) is 20.5. The van der Waals surface area contributed by atoms with Crippen molar-refractivity contribution in [2.75, 3.05) is 36.4 Å². The number of ether oxygens (including phenoxy) is 1. The average molecular weight is 395 g/mol. The second kappa shape index (κ2) is 7.75. The van der Waals surface area contributed by atoms with E-state index in [9.17, 15) is 9.59 Å². The Bertz CT molecular complexity index is 934. The lowest BCUT2D eigenvalue weighted by atomic mass is 10.1. The molecule has 2 aliphatic rings. The molecule has 1 saturated heterocycles. The lowest BCUT2D eigenvalue weighted by Crippen LogP contribution is -2.46. The Labute approximate surface area is 169 Å². The molecule has 29 heavy (non-hydrogen) atoms. The highest BCUT2D eigenvalue weighted by molar-refractivity contribution is 5.97. The Balaban J connectivity index is 1.39. The normalized spacial score (nSPS) is 19.3. The molecule has 7 nitrogen and oxygen atoms in total. The first-order chi connectivity index (χ1) is 13.9. The molecule has 2 N–H and O–H groups in total. The van der Waals surface area contributed by atoms with Crippen molar-refractivity contribution in [1.29, 1.82) is 0 Å². The van der Waals surface area contributed by atoms with Crippen LogP contribution < -0.4 is 15.0 Å². The second-order valence-corrected chi connectivity index (χ2v) is 7.65. The maximum atomic E-state index is 11.9. The molecule has 2 aromatic carbocycles. The predicted molar refractivity (Wildman–Crippen MR) is 111 cm³/mol. The van der Waals surface area contributed by atoms with Gasteiger partial charge in [-0.05, 0) is 55.3 Å². The number of fused-ring (bicyclic) bond motifs is 1. The summed E-state index contributed by atoms with van der Waals surface area (Å²) in [6.45, 7) is 8.16. The molecule has 0 radical (unpaired) electrons. The quantitative estimate of drug-likeness (QED) is 0.829. The molecule has 152 valence electrons. The number of carboxylic acids is 1. The maximum absolute atomic E-state index is 11.9. The SMILES string of the molecule is Cc1cc(CN2CCN(c3ccc(C(=O)O)cc3)CC2)cc2c1OC(C)C(=O)N2. The molecule has 1 amide bonds. The van der Waals surface area contributed by atoms with E-state index in [1.165, 1.54) is 0 Å². The van der Waals surface area contributed by atoms with Gasteiger partial charge in [-0.25, -0.2) is 4.79 Å². The van der Waals surface area contributed by atoms with Crippen LogP contribution in [0, 0.1) is 6.92 Å². The minimum Gasteiger partial charge on any atom is -0.478 e. The molecule has 7 heteroatoms. The fourth-order valence-corrected chi connectivity index (χ4v) is 3.89. The van der Waals surface area contributed by atoms with Crippen molar-refractivity contribution in [1.82, 2.24) is 4.90 Å². The minimum atomic E-state index is -0.905. The number of nitrogens with zero attached hydrogens (tertiary/aromatic N) is 2. The van der Waals surface area contributed by atoms with Crippen LogP contribution in [0.4, 0.5) is 11.4 Å². The fraction of sp³-hybridized carbons (Fsp3) is 0.364. The van der Waals surface area contributed by atoms with Crippen LogP contribution in [-0.2, 0) is 11.3 Å². The molecule has 0 bridgehead atoms. The highest BCUT2D eigenvalue weighted by Crippen LogP contribution is 2.34. The summed E-state index contributed by atoms with van der Waals surface area (Å²) in [5, 5.41) is 12.0. The molecule has 1 fully saturated rings. The third kappa shape index (κ3) is 4.05. The van der Waals surface area contributed by atoms with Crippen LogP contribution in [0.1, 0.15) is 28.4 Å². The van der Waals surface area contributed by atoms with E-state index in [0.29, 0.717) is 5.56 Å². The van der Waals surface area contributed by atoms with Crippen molar-refractivity contribution in [3.05, 3.63) is 53.1 Å². The standard InChI is InChI=1S/C22H25N3O4/c1-14-11-16(12-19-20(14)29-15(2)21(26)23-19)13-24-7-9-25(10-8-24)18-5-3-17(4-6-18)22(27)28/h3-6,11-12,15H,7-10,13H2,1-2H3,(H,23,26)(H,27,28). The summed E-state index contributed by atoms with van der Waals surface area (Å²) in [5.74, 6) is -0.259. The molecule has 1 atom stereocenters. The van der Waals surface area contributed by atoms with Crippen molar-refractivity contribution >= 4 is 23.3 Å². The molecule has 0 aromatic heterocycles. The van der Waals surface area contributed by atoms with E-state index in [2.05, 4.69) is 21.2 Å². The van der Waals surface area contributed by atoms with Crippen molar-refractivity contribution < 1.29 is 19.4 Å². The van der Waals surface area contributed by atoms with Gasteiger partial charge in [-0.15, -0.1) is 0 Å². The Morgan fingerprint density at radius 2 is 1.86 bits per heavy atom. The Hall–Kier alpha value is -3.06. The van der Waals surface area contributed by atoms with Crippen LogP contribution in [0.15, 0.2) is 36.4 Å². The molecular weight excluding hydrogens is 370 g/mol. The summed E-state index contributed by atoms with van der Waals surface area (Å²) in [5.41, 5.74) is 4.29. The van der Waals surface area contributed by atoms with Gasteiger partial charge in [0, 0.05) is 38.4 Å². The van der Waals surface area contributed by atoms with Gasteiger partial charge in [0.05, 0.1) is 11.3 Å². The van der Waals surface area contributed by atoms with Gasteiger partial charge in [-0.1, -0.05) is 6.07 Å². The van der Waals surface area contributed by atoms with Gasteiger partial charge < -0.3 is 20.1 Å². The average Bonchev–Trinajstić information content (AvgIpc) is 2.70. The first-order valence-corrected chi connectivity index (χ1v) is 9.82. The smallest absolute Gasteiger partial charge is 0.335 e. The number of aromatic carboxylic acids is 1. The zero-order valence-electron chi connectivity index (χ0n) is 16.6. The van der Waals surface area contributed by atoms with Crippen LogP contribution in [0.2, 0.25) is 0 Å². The highest BCUT2D eigenvalue weighted by Gasteiger charge is 2.26. The van der Waals surface area contributed by atoms with Crippen molar-refractivity contribution in [2.45, 2.75) is 26.5 Å². The zero-order valence-corrected chi connectivity index (χ0v) is 16.6. The van der Waals surface area contributed by atoms with Gasteiger partial charge in [0.1, 0.15) is 5.75 Å². The number of amides is 1. The van der Waals surface area contributed by atoms with E-state index in [0.717, 1.165) is 61.0 Å². The number of carbonyl (C=O) groups excluding carboxylic acids is 1. The maximum Gasteiger partial charge on any atom is 0.335 e. The van der Waals surface area contributed by atoms with Crippen molar-refractivity contribution in [2.24, 2.45) is 0 Å². The van der Waals surface area contributed by atoms with Crippen LogP contribution >= 0.6 is 0 Å². The van der Waals surface area contributed by atoms with E-state index in [4.69, 9.17) is 9.84 Å². The number of aryl methyl sites for hydroxylation is 1. The van der Waals surface area contributed by atoms with Gasteiger partial charge in [-0.3, -0.25) is 9.69 Å². The number of rotatable bonds is 4. The van der Waals surface area contributed by atoms with Crippen LogP contribution in [-0.4, -0.2) is 54.2 Å². The van der Waals surface area contributed by atoms with E-state index in [1.54, 1.807) is 19.1 Å². The van der Waals surface area contributed by atoms with Gasteiger partial charge in [0.25, 0.3) is 5.91 Å². The van der Waals surface area contributed by atoms with Gasteiger partial charge in [-0.2, -0.15) is 0 Å². The number of carbonyl (C=O) groups is 2. The summed E-state index contributed by atoms with van der Waals surface area (Å²) >= 11 is 0. The summed E-state index contributed by atoms with van der Waals surface area (Å²) in [6.07, 6.45) is -0.468. The molecule has 4 rings (SSSR count). The molecule has 0 saturated carbocycles. The van der Waals surface area contributed by atoms with Crippen LogP contribution in [0.25, 0.3) is 0 Å². The van der Waals surface area contributed by atoms with Crippen LogP contribution in [0.5, 0.6) is 5.75 Å². The van der Waals surface area contributed by atoms with Gasteiger partial charge >= 0.3 is 5.97 Å². The summed E-state index contributed by atoms with van der Waals surface area (Å²) in [4.78, 5) is 27.6. The van der Waals surface area contributed by atoms with Crippen molar-refractivity contribution in [3.63, 3.8) is 0 Å². The molecule has 2 aliphatic heterocycles. The lowest BCUT2D eigenvalue weighted by Gasteiger charge is -2.36. The summed E-state index contributed by atoms with van der Waals surface area (Å²) in [6, 6.07) is 11.2. The Morgan fingerprint density at radius 1 is 1.17 bits per heavy atom. The third-order valence-electron chi connectivity index (χ3n) is 5.51. The molecular formula is C22H25N3O4. The topological polar surface area (TPSA) is 82.1 Å². The summed E-state index contributed by atoms with van der Waals surface area (Å²) < 4.78 is 5.74. The lowest BCUT2D eigenvalue weighted by molar-refractivity contribution is -0.122. The molecule has 0 spiro atoms. The van der Waals surface area contributed by atoms with E-state index in [-0.39, 0.29) is 5.91 Å². The van der Waals surface area contributed by atoms with Gasteiger partial charge in [0.15, 0.2) is 6.10 Å². The fourth-order valence-electron chi connectivity index (χ4n) is 3.89. The van der Waals surface area contributed by atoms with Crippen molar-refractivity contribution in [3.8, 4) is 5.75 Å². The highest BCUT2D eigenvalue weighted by atomic mass is 16.5. The first kappa shape index (κ1) is 19.3. The molecule has 1 unspecified atom stereocenters. The van der Waals surface area contributed by atoms with E-state index >= 15 is 0 Å². The molecule has 2 heterocycles. The van der Waals surface area contributed by atoms with Gasteiger partial charge in [0.2, 0.25) is 0 Å². The first-order valence-electron chi connectivity index (χ1n) is 9.82. The number of nitrogens with one attached hydrogen (secondary N) is 1. The van der Waals surface area contributed by atoms with Crippen LogP contribution in [0.3, 0.4) is 0 Å². The van der Waals surface area contributed by atoms with E-state index < -0.39 is 12.1 Å². The van der Waals surface area contributed by atoms with E-state index in [1.807, 2.05) is 25.1 Å². The molecule has 0 aliphatic carbocycles. The number of anilines is 2.